The van der Waals surface area contributed by atoms with E-state index in [4.69, 9.17) is 0 Å². The SMILES string of the molecule is CC[C@H](O)c1ccc(N2CCSC(C)C2)cc1. The summed E-state index contributed by atoms with van der Waals surface area (Å²) in [5.41, 5.74) is 2.31. The van der Waals surface area contributed by atoms with Crippen molar-refractivity contribution >= 4 is 17.4 Å². The molecule has 0 aliphatic carbocycles. The van der Waals surface area contributed by atoms with E-state index in [1.165, 1.54) is 11.4 Å². The van der Waals surface area contributed by atoms with Gasteiger partial charge in [-0.1, -0.05) is 26.0 Å². The van der Waals surface area contributed by atoms with E-state index in [2.05, 4.69) is 36.1 Å². The lowest BCUT2D eigenvalue weighted by molar-refractivity contribution is 0.173. The average molecular weight is 251 g/mol. The number of benzene rings is 1. The van der Waals surface area contributed by atoms with Gasteiger partial charge in [0, 0.05) is 29.8 Å². The molecule has 1 aliphatic heterocycles. The highest BCUT2D eigenvalue weighted by Gasteiger charge is 2.17. The number of aliphatic hydroxyl groups excluding tert-OH is 1. The van der Waals surface area contributed by atoms with Gasteiger partial charge in [-0.05, 0) is 24.1 Å². The number of nitrogens with zero attached hydrogens (tertiary/aromatic N) is 1. The maximum absolute atomic E-state index is 9.76. The van der Waals surface area contributed by atoms with Crippen LogP contribution < -0.4 is 4.90 Å². The molecule has 1 aromatic carbocycles. The van der Waals surface area contributed by atoms with Gasteiger partial charge in [-0.15, -0.1) is 0 Å². The van der Waals surface area contributed by atoms with Crippen LogP contribution in [0.15, 0.2) is 24.3 Å². The van der Waals surface area contributed by atoms with Crippen LogP contribution in [0.2, 0.25) is 0 Å². The van der Waals surface area contributed by atoms with E-state index in [0.29, 0.717) is 5.25 Å². The first-order valence-electron chi connectivity index (χ1n) is 6.35. The highest BCUT2D eigenvalue weighted by atomic mass is 32.2. The van der Waals surface area contributed by atoms with Crippen molar-refractivity contribution in [1.29, 1.82) is 0 Å². The van der Waals surface area contributed by atoms with Crippen LogP contribution in [0.1, 0.15) is 31.9 Å². The largest absolute Gasteiger partial charge is 0.388 e. The van der Waals surface area contributed by atoms with E-state index < -0.39 is 0 Å². The molecular weight excluding hydrogens is 230 g/mol. The van der Waals surface area contributed by atoms with E-state index in [1.54, 1.807) is 0 Å². The van der Waals surface area contributed by atoms with Gasteiger partial charge in [-0.2, -0.15) is 11.8 Å². The molecule has 1 saturated heterocycles. The number of aliphatic hydroxyl groups is 1. The fraction of sp³-hybridized carbons (Fsp3) is 0.571. The Kier molecular flexibility index (Phi) is 4.35. The minimum atomic E-state index is -0.320. The van der Waals surface area contributed by atoms with Crippen LogP contribution in [-0.4, -0.2) is 29.2 Å². The summed E-state index contributed by atoms with van der Waals surface area (Å²) < 4.78 is 0. The number of thioether (sulfide) groups is 1. The van der Waals surface area contributed by atoms with Gasteiger partial charge >= 0.3 is 0 Å². The monoisotopic (exact) mass is 251 g/mol. The third-order valence-electron chi connectivity index (χ3n) is 3.27. The van der Waals surface area contributed by atoms with Gasteiger partial charge in [0.1, 0.15) is 0 Å². The van der Waals surface area contributed by atoms with Crippen LogP contribution in [0.25, 0.3) is 0 Å². The Morgan fingerprint density at radius 1 is 1.41 bits per heavy atom. The summed E-state index contributed by atoms with van der Waals surface area (Å²) in [6.45, 7) is 6.54. The fourth-order valence-electron chi connectivity index (χ4n) is 2.20. The highest BCUT2D eigenvalue weighted by Crippen LogP contribution is 2.25. The van der Waals surface area contributed by atoms with Crippen molar-refractivity contribution in [3.05, 3.63) is 29.8 Å². The molecule has 17 heavy (non-hydrogen) atoms. The lowest BCUT2D eigenvalue weighted by Gasteiger charge is -2.32. The molecule has 1 aliphatic rings. The van der Waals surface area contributed by atoms with Crippen LogP contribution in [-0.2, 0) is 0 Å². The molecule has 0 spiro atoms. The van der Waals surface area contributed by atoms with Crippen LogP contribution in [0.5, 0.6) is 0 Å². The molecule has 1 unspecified atom stereocenters. The number of anilines is 1. The van der Waals surface area contributed by atoms with Crippen LogP contribution >= 0.6 is 11.8 Å². The minimum Gasteiger partial charge on any atom is -0.388 e. The Bertz CT molecular complexity index is 352. The molecule has 2 rings (SSSR count). The van der Waals surface area contributed by atoms with Gasteiger partial charge in [-0.25, -0.2) is 0 Å². The zero-order valence-corrected chi connectivity index (χ0v) is 11.4. The fourth-order valence-corrected chi connectivity index (χ4v) is 3.21. The molecule has 1 fully saturated rings. The van der Waals surface area contributed by atoms with E-state index in [0.717, 1.165) is 25.1 Å². The smallest absolute Gasteiger partial charge is 0.0787 e. The second-order valence-electron chi connectivity index (χ2n) is 4.64. The molecule has 2 nitrogen and oxygen atoms in total. The second kappa shape index (κ2) is 5.78. The first-order chi connectivity index (χ1) is 8.20. The van der Waals surface area contributed by atoms with Crippen LogP contribution in [0.4, 0.5) is 5.69 Å². The molecule has 0 radical (unpaired) electrons. The van der Waals surface area contributed by atoms with Gasteiger partial charge in [0.15, 0.2) is 0 Å². The van der Waals surface area contributed by atoms with Gasteiger partial charge in [0.25, 0.3) is 0 Å². The van der Waals surface area contributed by atoms with Gasteiger partial charge in [-0.3, -0.25) is 0 Å². The molecule has 2 atom stereocenters. The quantitative estimate of drug-likeness (QED) is 0.893. The van der Waals surface area contributed by atoms with E-state index in [9.17, 15) is 5.11 Å². The summed E-state index contributed by atoms with van der Waals surface area (Å²) in [6, 6.07) is 8.37. The van der Waals surface area contributed by atoms with E-state index in [-0.39, 0.29) is 6.10 Å². The summed E-state index contributed by atoms with van der Waals surface area (Å²) in [6.07, 6.45) is 0.455. The summed E-state index contributed by atoms with van der Waals surface area (Å²) in [4.78, 5) is 2.43. The van der Waals surface area contributed by atoms with Crippen molar-refractivity contribution in [2.45, 2.75) is 31.6 Å². The third kappa shape index (κ3) is 3.17. The molecule has 0 amide bonds. The minimum absolute atomic E-state index is 0.320. The van der Waals surface area contributed by atoms with Crippen LogP contribution in [0.3, 0.4) is 0 Å². The lowest BCUT2D eigenvalue weighted by Crippen LogP contribution is -2.36. The molecule has 0 aromatic heterocycles. The average Bonchev–Trinajstić information content (AvgIpc) is 2.38. The first kappa shape index (κ1) is 12.8. The van der Waals surface area contributed by atoms with Crippen molar-refractivity contribution in [2.24, 2.45) is 0 Å². The Hall–Kier alpha value is -0.670. The maximum atomic E-state index is 9.76. The Morgan fingerprint density at radius 3 is 2.71 bits per heavy atom. The van der Waals surface area contributed by atoms with Crippen LogP contribution in [0, 0.1) is 0 Å². The van der Waals surface area contributed by atoms with Crippen molar-refractivity contribution in [1.82, 2.24) is 0 Å². The number of rotatable bonds is 3. The maximum Gasteiger partial charge on any atom is 0.0787 e. The van der Waals surface area contributed by atoms with Gasteiger partial charge < -0.3 is 10.0 Å². The van der Waals surface area contributed by atoms with Crippen molar-refractivity contribution in [3.63, 3.8) is 0 Å². The summed E-state index contributed by atoms with van der Waals surface area (Å²) in [5.74, 6) is 1.21. The molecule has 0 bridgehead atoms. The summed E-state index contributed by atoms with van der Waals surface area (Å²) in [5, 5.41) is 10.5. The summed E-state index contributed by atoms with van der Waals surface area (Å²) >= 11 is 2.05. The molecule has 94 valence electrons. The zero-order chi connectivity index (χ0) is 12.3. The topological polar surface area (TPSA) is 23.5 Å². The summed E-state index contributed by atoms with van der Waals surface area (Å²) in [7, 11) is 0. The van der Waals surface area contributed by atoms with Crippen molar-refractivity contribution < 1.29 is 5.11 Å². The van der Waals surface area contributed by atoms with Gasteiger partial charge in [0.05, 0.1) is 6.10 Å². The normalized spacial score (nSPS) is 22.5. The second-order valence-corrected chi connectivity index (χ2v) is 6.19. The standard InChI is InChI=1S/C14H21NOS/c1-3-14(16)12-4-6-13(7-5-12)15-8-9-17-11(2)10-15/h4-7,11,14,16H,3,8-10H2,1-2H3/t11?,14-/m0/s1. The Morgan fingerprint density at radius 2 is 2.12 bits per heavy atom. The number of hydrogen-bond acceptors (Lipinski definition) is 3. The van der Waals surface area contributed by atoms with Crippen molar-refractivity contribution in [2.75, 3.05) is 23.7 Å². The predicted molar refractivity (Wildman–Crippen MR) is 75.8 cm³/mol. The van der Waals surface area contributed by atoms with Gasteiger partial charge in [0.2, 0.25) is 0 Å². The Labute approximate surface area is 108 Å². The molecule has 1 aromatic rings. The van der Waals surface area contributed by atoms with Crippen molar-refractivity contribution in [3.8, 4) is 0 Å². The molecule has 1 N–H and O–H groups in total. The highest BCUT2D eigenvalue weighted by molar-refractivity contribution is 8.00. The molecular formula is C14H21NOS. The first-order valence-corrected chi connectivity index (χ1v) is 7.40. The van der Waals surface area contributed by atoms with E-state index in [1.807, 2.05) is 18.7 Å². The number of hydrogen-bond donors (Lipinski definition) is 1. The van der Waals surface area contributed by atoms with E-state index >= 15 is 0 Å². The Balaban J connectivity index is 2.06. The molecule has 3 heteroatoms. The molecule has 1 heterocycles. The molecule has 0 saturated carbocycles. The zero-order valence-electron chi connectivity index (χ0n) is 10.6. The third-order valence-corrected chi connectivity index (χ3v) is 4.41. The predicted octanol–water partition coefficient (Wildman–Crippen LogP) is 3.07. The lowest BCUT2D eigenvalue weighted by atomic mass is 10.1.